The molecule has 3 heterocycles. The molecule has 1 amide bonds. The summed E-state index contributed by atoms with van der Waals surface area (Å²) in [7, 11) is 0. The molecule has 1 saturated carbocycles. The Morgan fingerprint density at radius 3 is 2.54 bits per heavy atom. The molecule has 2 aliphatic rings. The molecule has 2 fully saturated rings. The number of carbonyl (C=O) groups excluding carboxylic acids is 1. The van der Waals surface area contributed by atoms with E-state index >= 15 is 0 Å². The fourth-order valence-electron chi connectivity index (χ4n) is 3.16. The molecular formula is C17H15ClF3N5O2. The highest BCUT2D eigenvalue weighted by Crippen LogP contribution is 2.32. The molecule has 2 aromatic heterocycles. The molecule has 1 aliphatic carbocycles. The van der Waals surface area contributed by atoms with Crippen LogP contribution in [0.4, 0.5) is 18.9 Å². The van der Waals surface area contributed by atoms with E-state index in [1.54, 1.807) is 0 Å². The first-order chi connectivity index (χ1) is 13.2. The van der Waals surface area contributed by atoms with Gasteiger partial charge in [-0.05, 0) is 25.0 Å². The second-order valence-electron chi connectivity index (χ2n) is 6.81. The zero-order valence-electron chi connectivity index (χ0n) is 14.4. The van der Waals surface area contributed by atoms with Gasteiger partial charge in [-0.15, -0.1) is 0 Å². The predicted octanol–water partition coefficient (Wildman–Crippen LogP) is 2.47. The number of nitrogens with zero attached hydrogens (tertiary/aromatic N) is 4. The summed E-state index contributed by atoms with van der Waals surface area (Å²) in [6.07, 6.45) is -0.278. The molecule has 148 valence electrons. The van der Waals surface area contributed by atoms with Crippen molar-refractivity contribution in [3.63, 3.8) is 0 Å². The van der Waals surface area contributed by atoms with Crippen LogP contribution in [0.25, 0.3) is 5.82 Å². The summed E-state index contributed by atoms with van der Waals surface area (Å²) in [6, 6.07) is 1.98. The van der Waals surface area contributed by atoms with Gasteiger partial charge in [-0.2, -0.15) is 23.0 Å². The van der Waals surface area contributed by atoms with Crippen molar-refractivity contribution in [3.8, 4) is 5.82 Å². The van der Waals surface area contributed by atoms with Gasteiger partial charge in [0.1, 0.15) is 5.02 Å². The van der Waals surface area contributed by atoms with E-state index < -0.39 is 17.3 Å². The van der Waals surface area contributed by atoms with Crippen molar-refractivity contribution in [2.45, 2.75) is 37.5 Å². The number of hydrogen-bond acceptors (Lipinski definition) is 5. The van der Waals surface area contributed by atoms with Gasteiger partial charge in [-0.25, -0.2) is 4.98 Å². The highest BCUT2D eigenvalue weighted by molar-refractivity contribution is 6.33. The number of amides is 1. The maximum atomic E-state index is 12.6. The van der Waals surface area contributed by atoms with Crippen LogP contribution in [0.1, 0.15) is 24.8 Å². The van der Waals surface area contributed by atoms with E-state index in [1.165, 1.54) is 6.20 Å². The quantitative estimate of drug-likeness (QED) is 0.833. The van der Waals surface area contributed by atoms with Crippen molar-refractivity contribution < 1.29 is 18.0 Å². The smallest absolute Gasteiger partial charge is 0.377 e. The number of alkyl halides is 3. The van der Waals surface area contributed by atoms with E-state index in [4.69, 9.17) is 11.6 Å². The SMILES string of the molecule is O=C1CC(Nc2cnn(-c3ccc(C(F)(F)F)cn3)c(=O)c2Cl)CN1C1CC1. The van der Waals surface area contributed by atoms with Crippen LogP contribution in [0.15, 0.2) is 29.3 Å². The highest BCUT2D eigenvalue weighted by atomic mass is 35.5. The number of anilines is 1. The fourth-order valence-corrected chi connectivity index (χ4v) is 3.35. The molecule has 1 N–H and O–H groups in total. The van der Waals surface area contributed by atoms with Crippen molar-refractivity contribution in [1.82, 2.24) is 19.7 Å². The summed E-state index contributed by atoms with van der Waals surface area (Å²) >= 11 is 6.14. The average molecular weight is 414 g/mol. The van der Waals surface area contributed by atoms with E-state index in [2.05, 4.69) is 15.4 Å². The van der Waals surface area contributed by atoms with Crippen LogP contribution in [0.2, 0.25) is 5.02 Å². The lowest BCUT2D eigenvalue weighted by Crippen LogP contribution is -2.30. The molecule has 7 nitrogen and oxygen atoms in total. The molecule has 1 atom stereocenters. The third-order valence-corrected chi connectivity index (χ3v) is 5.08. The third kappa shape index (κ3) is 3.56. The number of rotatable bonds is 4. The molecule has 0 spiro atoms. The van der Waals surface area contributed by atoms with E-state index in [9.17, 15) is 22.8 Å². The summed E-state index contributed by atoms with van der Waals surface area (Å²) in [4.78, 5) is 30.0. The predicted molar refractivity (Wildman–Crippen MR) is 94.4 cm³/mol. The Labute approximate surface area is 162 Å². The minimum atomic E-state index is -4.53. The van der Waals surface area contributed by atoms with Gasteiger partial charge in [-0.1, -0.05) is 11.6 Å². The molecule has 1 aliphatic heterocycles. The van der Waals surface area contributed by atoms with Crippen LogP contribution in [0.3, 0.4) is 0 Å². The fraction of sp³-hybridized carbons (Fsp3) is 0.412. The Hall–Kier alpha value is -2.62. The molecule has 28 heavy (non-hydrogen) atoms. The number of carbonyl (C=O) groups is 1. The van der Waals surface area contributed by atoms with Crippen LogP contribution < -0.4 is 10.9 Å². The zero-order valence-corrected chi connectivity index (χ0v) is 15.2. The van der Waals surface area contributed by atoms with Crippen molar-refractivity contribution in [2.24, 2.45) is 0 Å². The number of aromatic nitrogens is 3. The molecule has 4 rings (SSSR count). The lowest BCUT2D eigenvalue weighted by atomic mass is 10.2. The zero-order chi connectivity index (χ0) is 20.1. The third-order valence-electron chi connectivity index (χ3n) is 4.72. The Bertz CT molecular complexity index is 972. The topological polar surface area (TPSA) is 80.1 Å². The Balaban J connectivity index is 1.54. The van der Waals surface area contributed by atoms with Crippen LogP contribution in [0, 0.1) is 0 Å². The van der Waals surface area contributed by atoms with E-state index in [0.717, 1.165) is 29.7 Å². The van der Waals surface area contributed by atoms with E-state index in [1.807, 2.05) is 4.90 Å². The maximum absolute atomic E-state index is 12.6. The van der Waals surface area contributed by atoms with Gasteiger partial charge in [-0.3, -0.25) is 9.59 Å². The van der Waals surface area contributed by atoms with Crippen molar-refractivity contribution in [3.05, 3.63) is 45.5 Å². The highest BCUT2D eigenvalue weighted by Gasteiger charge is 2.39. The Kier molecular flexibility index (Phi) is 4.53. The van der Waals surface area contributed by atoms with Gasteiger partial charge < -0.3 is 10.2 Å². The molecule has 0 bridgehead atoms. The summed E-state index contributed by atoms with van der Waals surface area (Å²) in [5.74, 6) is -0.0196. The summed E-state index contributed by atoms with van der Waals surface area (Å²) in [5.41, 5.74) is -1.38. The molecule has 2 aromatic rings. The van der Waals surface area contributed by atoms with Gasteiger partial charge >= 0.3 is 6.18 Å². The first-order valence-corrected chi connectivity index (χ1v) is 8.99. The van der Waals surface area contributed by atoms with Crippen molar-refractivity contribution >= 4 is 23.2 Å². The Morgan fingerprint density at radius 2 is 1.93 bits per heavy atom. The average Bonchev–Trinajstić information content (AvgIpc) is 3.42. The van der Waals surface area contributed by atoms with Gasteiger partial charge in [0.2, 0.25) is 5.91 Å². The number of hydrogen-bond donors (Lipinski definition) is 1. The van der Waals surface area contributed by atoms with Crippen LogP contribution in [0.5, 0.6) is 0 Å². The number of halogens is 4. The van der Waals surface area contributed by atoms with E-state index in [0.29, 0.717) is 25.2 Å². The van der Waals surface area contributed by atoms with Crippen LogP contribution in [-0.2, 0) is 11.0 Å². The summed E-state index contributed by atoms with van der Waals surface area (Å²) < 4.78 is 38.7. The number of likely N-dealkylation sites (tertiary alicyclic amines) is 1. The molecule has 1 saturated heterocycles. The van der Waals surface area contributed by atoms with Crippen molar-refractivity contribution in [1.29, 1.82) is 0 Å². The van der Waals surface area contributed by atoms with Gasteiger partial charge in [0.25, 0.3) is 5.56 Å². The standard InChI is InChI=1S/C17H15ClF3N5O2/c18-15-12(24-10-5-14(27)25(8-10)11-2-3-11)7-23-26(16(15)28)13-4-1-9(6-22-13)17(19,20)21/h1,4,6-7,10-11,24H,2-3,5,8H2. The van der Waals surface area contributed by atoms with E-state index in [-0.39, 0.29) is 28.5 Å². The lowest BCUT2D eigenvalue weighted by Gasteiger charge is -2.17. The number of nitrogens with one attached hydrogen (secondary N) is 1. The Morgan fingerprint density at radius 1 is 1.18 bits per heavy atom. The lowest BCUT2D eigenvalue weighted by molar-refractivity contribution is -0.137. The van der Waals surface area contributed by atoms with Crippen LogP contribution in [-0.4, -0.2) is 44.2 Å². The molecule has 0 radical (unpaired) electrons. The minimum Gasteiger partial charge on any atom is -0.377 e. The van der Waals surface area contributed by atoms with Crippen molar-refractivity contribution in [2.75, 3.05) is 11.9 Å². The van der Waals surface area contributed by atoms with Crippen LogP contribution >= 0.6 is 11.6 Å². The molecular weight excluding hydrogens is 399 g/mol. The summed E-state index contributed by atoms with van der Waals surface area (Å²) in [5, 5.41) is 6.83. The second kappa shape index (κ2) is 6.77. The molecule has 11 heteroatoms. The molecule has 1 unspecified atom stereocenters. The summed E-state index contributed by atoms with van der Waals surface area (Å²) in [6.45, 7) is 0.531. The monoisotopic (exact) mass is 413 g/mol. The second-order valence-corrected chi connectivity index (χ2v) is 7.19. The van der Waals surface area contributed by atoms with Gasteiger partial charge in [0.15, 0.2) is 5.82 Å². The van der Waals surface area contributed by atoms with Gasteiger partial charge in [0, 0.05) is 25.2 Å². The number of pyridine rings is 1. The largest absolute Gasteiger partial charge is 0.417 e. The first-order valence-electron chi connectivity index (χ1n) is 8.61. The minimum absolute atomic E-state index is 0.0615. The maximum Gasteiger partial charge on any atom is 0.417 e. The van der Waals surface area contributed by atoms with Gasteiger partial charge in [0.05, 0.1) is 23.5 Å². The normalized spacial score (nSPS) is 19.9. The first kappa shape index (κ1) is 18.7. The molecule has 0 aromatic carbocycles.